The van der Waals surface area contributed by atoms with Gasteiger partial charge in [0, 0.05) is 32.3 Å². The molecule has 1 aromatic heterocycles. The highest BCUT2D eigenvalue weighted by Gasteiger charge is 2.15. The smallest absolute Gasteiger partial charge is 0.126 e. The zero-order valence-electron chi connectivity index (χ0n) is 10.9. The Morgan fingerprint density at radius 2 is 1.86 bits per heavy atom. The molecule has 0 saturated heterocycles. The van der Waals surface area contributed by atoms with Crippen LogP contribution in [-0.4, -0.2) is 9.97 Å². The van der Waals surface area contributed by atoms with Crippen LogP contribution >= 0.6 is 22.9 Å². The van der Waals surface area contributed by atoms with Gasteiger partial charge in [0.25, 0.3) is 0 Å². The average molecular weight is 309 g/mol. The predicted molar refractivity (Wildman–Crippen MR) is 90.6 cm³/mol. The first-order valence-electron chi connectivity index (χ1n) is 6.69. The highest BCUT2D eigenvalue weighted by atomic mass is 35.5. The van der Waals surface area contributed by atoms with Crippen molar-refractivity contribution in [3.63, 3.8) is 0 Å². The summed E-state index contributed by atoms with van der Waals surface area (Å²) in [6.45, 7) is 0. The van der Waals surface area contributed by atoms with E-state index in [0.29, 0.717) is 0 Å². The van der Waals surface area contributed by atoms with E-state index in [4.69, 9.17) is 16.6 Å². The van der Waals surface area contributed by atoms with Gasteiger partial charge < -0.3 is 4.98 Å². The number of hydrogen-bond acceptors (Lipinski definition) is 2. The molecule has 0 unspecified atom stereocenters. The van der Waals surface area contributed by atoms with E-state index in [9.17, 15) is 0 Å². The van der Waals surface area contributed by atoms with Crippen LogP contribution in [0.1, 0.15) is 0 Å². The molecule has 2 aromatic carbocycles. The van der Waals surface area contributed by atoms with Crippen LogP contribution in [0, 0.1) is 0 Å². The lowest BCUT2D eigenvalue weighted by atomic mass is 10.1. The molecule has 0 fully saturated rings. The summed E-state index contributed by atoms with van der Waals surface area (Å²) < 4.78 is 0. The number of rotatable bonds is 0. The minimum atomic E-state index is 0.752. The van der Waals surface area contributed by atoms with Crippen molar-refractivity contribution in [2.45, 2.75) is 0 Å². The molecule has 4 heteroatoms. The van der Waals surface area contributed by atoms with Crippen molar-refractivity contribution in [1.82, 2.24) is 9.97 Å². The molecule has 0 saturated carbocycles. The topological polar surface area (TPSA) is 28.7 Å². The van der Waals surface area contributed by atoms with Gasteiger partial charge in [0.2, 0.25) is 0 Å². The molecule has 0 radical (unpaired) electrons. The van der Waals surface area contributed by atoms with E-state index in [1.54, 1.807) is 11.3 Å². The molecule has 3 heterocycles. The molecule has 0 atom stereocenters. The molecule has 3 aromatic rings. The molecular formula is C17H9ClN2S. The number of halogens is 1. The van der Waals surface area contributed by atoms with E-state index >= 15 is 0 Å². The Balaban J connectivity index is 2.00. The third-order valence-electron chi connectivity index (χ3n) is 3.90. The summed E-state index contributed by atoms with van der Waals surface area (Å²) in [6.07, 6.45) is 0. The Hall–Kier alpha value is -2.10. The average Bonchev–Trinajstić information content (AvgIpc) is 3.01. The minimum absolute atomic E-state index is 0.752. The lowest BCUT2D eigenvalue weighted by Crippen LogP contribution is -1.73. The van der Waals surface area contributed by atoms with Gasteiger partial charge in [-0.15, -0.1) is 0 Å². The lowest BCUT2D eigenvalue weighted by molar-refractivity contribution is 1.52. The number of aromatic nitrogens is 2. The van der Waals surface area contributed by atoms with E-state index in [-0.39, 0.29) is 0 Å². The van der Waals surface area contributed by atoms with Crippen LogP contribution in [-0.2, 0) is 0 Å². The normalized spacial score (nSPS) is 12.0. The second-order valence-electron chi connectivity index (χ2n) is 5.15. The summed E-state index contributed by atoms with van der Waals surface area (Å²) in [5.41, 5.74) is 3.36. The molecule has 2 aliphatic heterocycles. The summed E-state index contributed by atoms with van der Waals surface area (Å²) in [5.74, 6) is 0. The largest absolute Gasteiger partial charge is 0.346 e. The van der Waals surface area contributed by atoms with Crippen molar-refractivity contribution >= 4 is 55.0 Å². The van der Waals surface area contributed by atoms with Crippen LogP contribution in [0.25, 0.3) is 42.6 Å². The molecule has 0 aliphatic carbocycles. The van der Waals surface area contributed by atoms with Crippen LogP contribution in [0.15, 0.2) is 48.5 Å². The molecule has 21 heavy (non-hydrogen) atoms. The second kappa shape index (κ2) is 3.97. The van der Waals surface area contributed by atoms with E-state index in [1.807, 2.05) is 18.2 Å². The Morgan fingerprint density at radius 1 is 0.952 bits per heavy atom. The van der Waals surface area contributed by atoms with Gasteiger partial charge >= 0.3 is 0 Å². The third-order valence-corrected chi connectivity index (χ3v) is 5.16. The molecular weight excluding hydrogens is 300 g/mol. The number of nitrogens with zero attached hydrogens (tertiary/aromatic N) is 1. The highest BCUT2D eigenvalue weighted by molar-refractivity contribution is 7.21. The maximum atomic E-state index is 6.08. The van der Waals surface area contributed by atoms with Crippen LogP contribution in [0.5, 0.6) is 0 Å². The first kappa shape index (κ1) is 11.5. The van der Waals surface area contributed by atoms with Crippen LogP contribution in [0.3, 0.4) is 0 Å². The number of para-hydroxylation sites is 1. The molecule has 0 spiro atoms. The van der Waals surface area contributed by atoms with E-state index in [1.165, 1.54) is 21.7 Å². The number of benzene rings is 2. The molecule has 100 valence electrons. The fourth-order valence-electron chi connectivity index (χ4n) is 2.93. The predicted octanol–water partition coefficient (Wildman–Crippen LogP) is 5.69. The number of aromatic amines is 1. The zero-order chi connectivity index (χ0) is 14.0. The summed E-state index contributed by atoms with van der Waals surface area (Å²) >= 11 is 7.78. The van der Waals surface area contributed by atoms with Gasteiger partial charge in [-0.25, -0.2) is 4.98 Å². The van der Waals surface area contributed by atoms with Crippen LogP contribution in [0.4, 0.5) is 0 Å². The van der Waals surface area contributed by atoms with Gasteiger partial charge in [0.15, 0.2) is 0 Å². The zero-order valence-corrected chi connectivity index (χ0v) is 12.4. The van der Waals surface area contributed by atoms with Gasteiger partial charge in [0.05, 0.1) is 5.52 Å². The summed E-state index contributed by atoms with van der Waals surface area (Å²) in [5, 5.41) is 5.48. The Kier molecular flexibility index (Phi) is 2.18. The van der Waals surface area contributed by atoms with Gasteiger partial charge in [-0.05, 0) is 24.3 Å². The summed E-state index contributed by atoms with van der Waals surface area (Å²) in [6, 6.07) is 16.5. The SMILES string of the molecule is Clc1ccc2c(c1)[nH]c1sc3nc4ccccc4c-3cc12. The van der Waals surface area contributed by atoms with Gasteiger partial charge in [0.1, 0.15) is 9.84 Å². The third kappa shape index (κ3) is 1.56. The van der Waals surface area contributed by atoms with Crippen molar-refractivity contribution in [1.29, 1.82) is 0 Å². The van der Waals surface area contributed by atoms with Gasteiger partial charge in [-0.2, -0.15) is 0 Å². The maximum Gasteiger partial charge on any atom is 0.126 e. The Labute approximate surface area is 129 Å². The first-order chi connectivity index (χ1) is 10.3. The molecule has 5 rings (SSSR count). The summed E-state index contributed by atoms with van der Waals surface area (Å²) in [4.78, 5) is 9.32. The monoisotopic (exact) mass is 308 g/mol. The Bertz CT molecular complexity index is 1110. The van der Waals surface area contributed by atoms with Crippen molar-refractivity contribution < 1.29 is 0 Å². The highest BCUT2D eigenvalue weighted by Crippen LogP contribution is 2.40. The van der Waals surface area contributed by atoms with Crippen LogP contribution < -0.4 is 0 Å². The minimum Gasteiger partial charge on any atom is -0.346 e. The summed E-state index contributed by atoms with van der Waals surface area (Å²) in [7, 11) is 0. The van der Waals surface area contributed by atoms with Crippen molar-refractivity contribution in [3.8, 4) is 10.6 Å². The molecule has 1 N–H and O–H groups in total. The van der Waals surface area contributed by atoms with E-state index < -0.39 is 0 Å². The molecule has 0 bridgehead atoms. The van der Waals surface area contributed by atoms with Crippen molar-refractivity contribution in [3.05, 3.63) is 53.6 Å². The standard InChI is InChI=1S/C17H9ClN2S/c18-9-5-6-11-13-8-12-10-3-1-2-4-14(10)19-16(12)21-17(13)20-15(11)7-9/h1-8,20H. The van der Waals surface area contributed by atoms with Crippen LogP contribution in [0.2, 0.25) is 5.02 Å². The van der Waals surface area contributed by atoms with Crippen molar-refractivity contribution in [2.75, 3.05) is 0 Å². The fourth-order valence-corrected chi connectivity index (χ4v) is 4.16. The van der Waals surface area contributed by atoms with E-state index in [2.05, 4.69) is 35.3 Å². The first-order valence-corrected chi connectivity index (χ1v) is 7.88. The van der Waals surface area contributed by atoms with Crippen molar-refractivity contribution in [2.24, 2.45) is 0 Å². The Morgan fingerprint density at radius 3 is 2.81 bits per heavy atom. The number of hydrogen-bond donors (Lipinski definition) is 1. The lowest BCUT2D eigenvalue weighted by Gasteiger charge is -1.98. The molecule has 2 nitrogen and oxygen atoms in total. The number of fused-ring (bicyclic) bond motifs is 6. The number of nitrogens with one attached hydrogen (secondary N) is 1. The number of H-pyrrole nitrogens is 1. The van der Waals surface area contributed by atoms with E-state index in [0.717, 1.165) is 25.9 Å². The molecule has 2 aliphatic rings. The molecule has 0 amide bonds. The van der Waals surface area contributed by atoms with Gasteiger partial charge in [-0.1, -0.05) is 47.2 Å². The second-order valence-corrected chi connectivity index (χ2v) is 6.59. The quantitative estimate of drug-likeness (QED) is 0.391. The van der Waals surface area contributed by atoms with Gasteiger partial charge in [-0.3, -0.25) is 0 Å². The maximum absolute atomic E-state index is 6.08. The fraction of sp³-hybridized carbons (Fsp3) is 0.